The fraction of sp³-hybridized carbons (Fsp3) is 0.133. The highest BCUT2D eigenvalue weighted by Crippen LogP contribution is 2.24. The first-order valence-electron chi connectivity index (χ1n) is 5.81. The predicted octanol–water partition coefficient (Wildman–Crippen LogP) is 4.97. The lowest BCUT2D eigenvalue weighted by Gasteiger charge is -2.10. The van der Waals surface area contributed by atoms with Crippen molar-refractivity contribution in [1.82, 2.24) is 0 Å². The van der Waals surface area contributed by atoms with E-state index in [2.05, 4.69) is 21.2 Å². The van der Waals surface area contributed by atoms with Crippen LogP contribution in [0.2, 0.25) is 5.02 Å². The summed E-state index contributed by atoms with van der Waals surface area (Å²) >= 11 is 9.46. The lowest BCUT2D eigenvalue weighted by Crippen LogP contribution is -2.12. The molecule has 0 bridgehead atoms. The van der Waals surface area contributed by atoms with Crippen molar-refractivity contribution in [2.45, 2.75) is 13.8 Å². The molecule has 0 unspecified atom stereocenters. The average molecular weight is 339 g/mol. The molecule has 2 aromatic carbocycles. The summed E-state index contributed by atoms with van der Waals surface area (Å²) in [6, 6.07) is 11.0. The third-order valence-corrected chi connectivity index (χ3v) is 4.21. The summed E-state index contributed by atoms with van der Waals surface area (Å²) in [4.78, 5) is 12.2. The van der Waals surface area contributed by atoms with Crippen LogP contribution < -0.4 is 5.32 Å². The molecule has 4 heteroatoms. The topological polar surface area (TPSA) is 29.1 Å². The van der Waals surface area contributed by atoms with E-state index in [9.17, 15) is 4.79 Å². The van der Waals surface area contributed by atoms with Gasteiger partial charge in [-0.3, -0.25) is 4.79 Å². The lowest BCUT2D eigenvalue weighted by molar-refractivity contribution is 0.102. The molecule has 0 atom stereocenters. The third-order valence-electron chi connectivity index (χ3n) is 2.95. The molecular formula is C15H13BrClNO. The largest absolute Gasteiger partial charge is 0.322 e. The van der Waals surface area contributed by atoms with Crippen LogP contribution in [0.4, 0.5) is 5.69 Å². The maximum atomic E-state index is 12.2. The van der Waals surface area contributed by atoms with Crippen molar-refractivity contribution >= 4 is 39.1 Å². The molecule has 0 aromatic heterocycles. The predicted molar refractivity (Wildman–Crippen MR) is 83.0 cm³/mol. The van der Waals surface area contributed by atoms with Gasteiger partial charge in [-0.2, -0.15) is 0 Å². The van der Waals surface area contributed by atoms with Gasteiger partial charge in [-0.15, -0.1) is 0 Å². The summed E-state index contributed by atoms with van der Waals surface area (Å²) in [6.45, 7) is 3.86. The molecule has 2 rings (SSSR count). The first-order chi connectivity index (χ1) is 8.99. The van der Waals surface area contributed by atoms with Crippen LogP contribution in [0.5, 0.6) is 0 Å². The second-order valence-corrected chi connectivity index (χ2v) is 5.59. The first kappa shape index (κ1) is 14.1. The number of benzene rings is 2. The Bertz CT molecular complexity index is 640. The van der Waals surface area contributed by atoms with Crippen LogP contribution >= 0.6 is 27.5 Å². The van der Waals surface area contributed by atoms with Gasteiger partial charge in [-0.05, 0) is 49.2 Å². The third kappa shape index (κ3) is 3.17. The van der Waals surface area contributed by atoms with Crippen molar-refractivity contribution < 1.29 is 4.79 Å². The highest BCUT2D eigenvalue weighted by atomic mass is 79.9. The summed E-state index contributed by atoms with van der Waals surface area (Å²) in [5, 5.41) is 3.51. The van der Waals surface area contributed by atoms with Gasteiger partial charge in [0, 0.05) is 20.7 Å². The Labute approximate surface area is 125 Å². The van der Waals surface area contributed by atoms with E-state index < -0.39 is 0 Å². The van der Waals surface area contributed by atoms with E-state index in [1.54, 1.807) is 12.1 Å². The zero-order chi connectivity index (χ0) is 14.0. The Morgan fingerprint density at radius 1 is 1.21 bits per heavy atom. The Kier molecular flexibility index (Phi) is 4.27. The van der Waals surface area contributed by atoms with Gasteiger partial charge in [-0.25, -0.2) is 0 Å². The van der Waals surface area contributed by atoms with Gasteiger partial charge in [0.25, 0.3) is 5.91 Å². The molecule has 0 aliphatic rings. The van der Waals surface area contributed by atoms with E-state index in [-0.39, 0.29) is 5.91 Å². The Morgan fingerprint density at radius 2 is 1.95 bits per heavy atom. The quantitative estimate of drug-likeness (QED) is 0.823. The molecule has 0 aliphatic carbocycles. The minimum atomic E-state index is -0.147. The summed E-state index contributed by atoms with van der Waals surface area (Å²) in [7, 11) is 0. The van der Waals surface area contributed by atoms with Crippen LogP contribution in [0.1, 0.15) is 21.5 Å². The lowest BCUT2D eigenvalue weighted by atomic mass is 10.1. The molecule has 0 fully saturated rings. The maximum Gasteiger partial charge on any atom is 0.255 e. The molecule has 0 saturated carbocycles. The fourth-order valence-corrected chi connectivity index (χ4v) is 2.22. The van der Waals surface area contributed by atoms with E-state index in [1.165, 1.54) is 0 Å². The molecule has 0 radical (unpaired) electrons. The van der Waals surface area contributed by atoms with Crippen molar-refractivity contribution in [2.75, 3.05) is 5.32 Å². The normalized spacial score (nSPS) is 10.3. The van der Waals surface area contributed by atoms with E-state index >= 15 is 0 Å². The summed E-state index contributed by atoms with van der Waals surface area (Å²) in [6.07, 6.45) is 0. The summed E-state index contributed by atoms with van der Waals surface area (Å²) in [5.74, 6) is -0.147. The monoisotopic (exact) mass is 337 g/mol. The highest BCUT2D eigenvalue weighted by Gasteiger charge is 2.10. The first-order valence-corrected chi connectivity index (χ1v) is 6.99. The molecule has 19 heavy (non-hydrogen) atoms. The van der Waals surface area contributed by atoms with Gasteiger partial charge in [0.15, 0.2) is 0 Å². The van der Waals surface area contributed by atoms with E-state index in [0.29, 0.717) is 10.6 Å². The standard InChI is InChI=1S/C15H13BrClNO/c1-9-6-7-11(8-12(9)16)15(19)18-14-5-3-4-13(17)10(14)2/h3-8H,1-2H3,(H,18,19). The van der Waals surface area contributed by atoms with Crippen molar-refractivity contribution in [3.63, 3.8) is 0 Å². The van der Waals surface area contributed by atoms with Crippen LogP contribution in [-0.4, -0.2) is 5.91 Å². The number of carbonyl (C=O) groups excluding carboxylic acids is 1. The SMILES string of the molecule is Cc1ccc(C(=O)Nc2cccc(Cl)c2C)cc1Br. The summed E-state index contributed by atoms with van der Waals surface area (Å²) in [5.41, 5.74) is 3.30. The van der Waals surface area contributed by atoms with Gasteiger partial charge in [-0.1, -0.05) is 39.7 Å². The van der Waals surface area contributed by atoms with Gasteiger partial charge in [0.2, 0.25) is 0 Å². The molecule has 1 N–H and O–H groups in total. The zero-order valence-corrected chi connectivity index (χ0v) is 13.0. The van der Waals surface area contributed by atoms with Crippen molar-refractivity contribution in [2.24, 2.45) is 0 Å². The molecular weight excluding hydrogens is 326 g/mol. The molecule has 0 heterocycles. The fourth-order valence-electron chi connectivity index (χ4n) is 1.67. The van der Waals surface area contributed by atoms with Crippen LogP contribution in [0.25, 0.3) is 0 Å². The Morgan fingerprint density at radius 3 is 2.63 bits per heavy atom. The molecule has 0 spiro atoms. The van der Waals surface area contributed by atoms with Crippen molar-refractivity contribution in [1.29, 1.82) is 0 Å². The Balaban J connectivity index is 2.26. The van der Waals surface area contributed by atoms with E-state index in [4.69, 9.17) is 11.6 Å². The van der Waals surface area contributed by atoms with E-state index in [0.717, 1.165) is 21.3 Å². The van der Waals surface area contributed by atoms with E-state index in [1.807, 2.05) is 38.1 Å². The van der Waals surface area contributed by atoms with Crippen LogP contribution in [0.3, 0.4) is 0 Å². The van der Waals surface area contributed by atoms with Gasteiger partial charge >= 0.3 is 0 Å². The second-order valence-electron chi connectivity index (χ2n) is 4.33. The van der Waals surface area contributed by atoms with Crippen molar-refractivity contribution in [3.8, 4) is 0 Å². The Hall–Kier alpha value is -1.32. The average Bonchev–Trinajstić information content (AvgIpc) is 2.38. The van der Waals surface area contributed by atoms with Crippen LogP contribution in [0, 0.1) is 13.8 Å². The summed E-state index contributed by atoms with van der Waals surface area (Å²) < 4.78 is 0.919. The molecule has 0 aliphatic heterocycles. The molecule has 0 saturated heterocycles. The minimum absolute atomic E-state index is 0.147. The van der Waals surface area contributed by atoms with Gasteiger partial charge in [0.05, 0.1) is 0 Å². The number of halogens is 2. The number of nitrogens with one attached hydrogen (secondary N) is 1. The number of hydrogen-bond donors (Lipinski definition) is 1. The number of hydrogen-bond acceptors (Lipinski definition) is 1. The van der Waals surface area contributed by atoms with Crippen LogP contribution in [0.15, 0.2) is 40.9 Å². The highest BCUT2D eigenvalue weighted by molar-refractivity contribution is 9.10. The number of rotatable bonds is 2. The minimum Gasteiger partial charge on any atom is -0.322 e. The second kappa shape index (κ2) is 5.76. The number of amides is 1. The number of aryl methyl sites for hydroxylation is 1. The maximum absolute atomic E-state index is 12.2. The zero-order valence-electron chi connectivity index (χ0n) is 10.6. The van der Waals surface area contributed by atoms with Crippen molar-refractivity contribution in [3.05, 3.63) is 62.6 Å². The molecule has 2 nitrogen and oxygen atoms in total. The van der Waals surface area contributed by atoms with Gasteiger partial charge < -0.3 is 5.32 Å². The smallest absolute Gasteiger partial charge is 0.255 e. The number of carbonyl (C=O) groups is 1. The molecule has 1 amide bonds. The molecule has 98 valence electrons. The van der Waals surface area contributed by atoms with Crippen LogP contribution in [-0.2, 0) is 0 Å². The molecule has 2 aromatic rings. The van der Waals surface area contributed by atoms with Gasteiger partial charge in [0.1, 0.15) is 0 Å². The number of anilines is 1.